The van der Waals surface area contributed by atoms with Crippen LogP contribution in [-0.2, 0) is 9.53 Å². The van der Waals surface area contributed by atoms with Crippen LogP contribution in [0.1, 0.15) is 496 Å². The largest absolute Gasteiger partial charge is 0.481 e. The number of hydrogen-bond acceptors (Lipinski definition) is 3. The molecule has 1 unspecified atom stereocenters. The minimum Gasteiger partial charge on any atom is -0.481 e. The molecule has 1 saturated carbocycles. The van der Waals surface area contributed by atoms with Crippen LogP contribution < -0.4 is 0 Å². The zero-order chi connectivity index (χ0) is 64.1. The molecule has 0 radical (unpaired) electrons. The SMILES string of the molecule is CCCCCCCCCCCCCCCCCCCCCCCC[C@@H](C(=O)O)[C@H](O)CCCCCCCCCCCCCCCCC[C@@H]1CC1CCCCCCCCCCCCCCCC[C@@H](OC)[C@H](C)CCCCCCCCCCCCCCCCCC. The molecule has 0 aliphatic heterocycles. The number of carboxylic acid groups (broad SMARTS) is 1. The number of aliphatic hydroxyl groups is 1. The lowest BCUT2D eigenvalue weighted by Gasteiger charge is -2.22. The highest BCUT2D eigenvalue weighted by Gasteiger charge is 2.35. The number of methoxy groups -OCH3 is 1. The van der Waals surface area contributed by atoms with Crippen molar-refractivity contribution in [3.05, 3.63) is 0 Å². The summed E-state index contributed by atoms with van der Waals surface area (Å²) in [6.45, 7) is 7.06. The van der Waals surface area contributed by atoms with Crippen LogP contribution in [0.2, 0.25) is 0 Å². The number of hydrogen-bond donors (Lipinski definition) is 2. The normalized spacial score (nSPS) is 15.5. The Morgan fingerprint density at radius 3 is 0.742 bits per heavy atom. The van der Waals surface area contributed by atoms with Gasteiger partial charge in [-0.1, -0.05) is 464 Å². The topological polar surface area (TPSA) is 66.8 Å². The van der Waals surface area contributed by atoms with E-state index in [-0.39, 0.29) is 0 Å². The minimum atomic E-state index is -0.798. The quantitative estimate of drug-likeness (QED) is 0.0596. The molecule has 2 N–H and O–H groups in total. The van der Waals surface area contributed by atoms with Crippen molar-refractivity contribution in [1.29, 1.82) is 0 Å². The fraction of sp³-hybridized carbons (Fsp3) is 0.988. The highest BCUT2D eigenvalue weighted by Crippen LogP contribution is 2.46. The molecular weight excluding hydrogens is 1080 g/mol. The third-order valence-electron chi connectivity index (χ3n) is 22.1. The van der Waals surface area contributed by atoms with Gasteiger partial charge in [-0.05, 0) is 49.9 Å². The van der Waals surface area contributed by atoms with Gasteiger partial charge in [-0.15, -0.1) is 0 Å². The first-order valence-corrected chi connectivity index (χ1v) is 42.4. The first-order valence-electron chi connectivity index (χ1n) is 42.4. The zero-order valence-corrected chi connectivity index (χ0v) is 62.0. The van der Waals surface area contributed by atoms with Crippen molar-refractivity contribution < 1.29 is 19.7 Å². The second kappa shape index (κ2) is 71.7. The lowest BCUT2D eigenvalue weighted by molar-refractivity contribution is -0.146. The number of ether oxygens (including phenoxy) is 1. The van der Waals surface area contributed by atoms with E-state index in [1.807, 2.05) is 7.11 Å². The van der Waals surface area contributed by atoms with E-state index in [1.54, 1.807) is 6.42 Å². The van der Waals surface area contributed by atoms with Crippen molar-refractivity contribution in [1.82, 2.24) is 0 Å². The summed E-state index contributed by atoms with van der Waals surface area (Å²) in [5, 5.41) is 20.6. The Hall–Kier alpha value is -0.610. The van der Waals surface area contributed by atoms with Crippen LogP contribution in [0, 0.1) is 23.7 Å². The standard InChI is InChI=1S/C85H168O4/c1-5-7-9-11-13-15-17-19-21-23-24-25-26-27-28-32-39-45-51-57-63-69-75-82(85(87)88)83(86)76-70-64-58-52-46-40-33-29-31-37-43-49-55-61-67-73-80-78-81(80)74-68-62-56-50-44-38-34-35-41-47-53-59-65-71-77-84(89-4)79(3)72-66-60-54-48-42-36-30-22-20-18-16-14-12-10-8-6-2/h79-84,86H,5-78H2,1-4H3,(H,87,88)/t79-,80-,81?,82-,83-,84-/m1/s1. The lowest BCUT2D eigenvalue weighted by Crippen LogP contribution is -2.28. The number of carbonyl (C=O) groups is 1. The van der Waals surface area contributed by atoms with Crippen LogP contribution in [-0.4, -0.2) is 35.5 Å². The van der Waals surface area contributed by atoms with E-state index in [1.165, 1.54) is 430 Å². The molecule has 0 heterocycles. The Bertz CT molecular complexity index is 1330. The molecule has 0 aromatic carbocycles. The van der Waals surface area contributed by atoms with Gasteiger partial charge < -0.3 is 14.9 Å². The fourth-order valence-corrected chi connectivity index (χ4v) is 15.4. The molecule has 1 fully saturated rings. The Morgan fingerprint density at radius 1 is 0.303 bits per heavy atom. The Balaban J connectivity index is 1.76. The van der Waals surface area contributed by atoms with Gasteiger partial charge in [-0.3, -0.25) is 4.79 Å². The van der Waals surface area contributed by atoms with Gasteiger partial charge in [0.15, 0.2) is 0 Å². The predicted molar refractivity (Wildman–Crippen MR) is 397 cm³/mol. The summed E-state index contributed by atoms with van der Waals surface area (Å²) in [7, 11) is 1.96. The number of unbranched alkanes of at least 4 members (excludes halogenated alkanes) is 63. The summed E-state index contributed by atoms with van der Waals surface area (Å²) in [5.74, 6) is 1.50. The monoisotopic (exact) mass is 1250 g/mol. The van der Waals surface area contributed by atoms with Crippen molar-refractivity contribution >= 4 is 5.97 Å². The Morgan fingerprint density at radius 2 is 0.506 bits per heavy atom. The zero-order valence-electron chi connectivity index (χ0n) is 62.0. The first kappa shape index (κ1) is 86.4. The van der Waals surface area contributed by atoms with Crippen molar-refractivity contribution in [2.45, 2.75) is 508 Å². The maximum atomic E-state index is 12.0. The van der Waals surface area contributed by atoms with Gasteiger partial charge in [0.05, 0.1) is 18.1 Å². The predicted octanol–water partition coefficient (Wildman–Crippen LogP) is 29.9. The van der Waals surface area contributed by atoms with Gasteiger partial charge in [0.1, 0.15) is 0 Å². The van der Waals surface area contributed by atoms with Crippen LogP contribution in [0.15, 0.2) is 0 Å². The molecule has 1 aliphatic carbocycles. The van der Waals surface area contributed by atoms with E-state index >= 15 is 0 Å². The van der Waals surface area contributed by atoms with Gasteiger partial charge in [0.25, 0.3) is 0 Å². The third-order valence-corrected chi connectivity index (χ3v) is 22.1. The van der Waals surface area contributed by atoms with Crippen molar-refractivity contribution in [3.63, 3.8) is 0 Å². The van der Waals surface area contributed by atoms with Crippen LogP contribution in [0.4, 0.5) is 0 Å². The van der Waals surface area contributed by atoms with E-state index < -0.39 is 18.0 Å². The van der Waals surface area contributed by atoms with Gasteiger partial charge in [-0.25, -0.2) is 0 Å². The van der Waals surface area contributed by atoms with Crippen molar-refractivity contribution in [2.24, 2.45) is 23.7 Å². The second-order valence-corrected chi connectivity index (χ2v) is 30.7. The van der Waals surface area contributed by atoms with Gasteiger partial charge in [-0.2, -0.15) is 0 Å². The molecule has 532 valence electrons. The molecular formula is C85H168O4. The summed E-state index contributed by atoms with van der Waals surface area (Å²) < 4.78 is 5.98. The van der Waals surface area contributed by atoms with Crippen molar-refractivity contribution in [3.8, 4) is 0 Å². The summed E-state index contributed by atoms with van der Waals surface area (Å²) in [4.78, 5) is 12.0. The maximum absolute atomic E-state index is 12.0. The number of aliphatic hydroxyl groups excluding tert-OH is 1. The molecule has 89 heavy (non-hydrogen) atoms. The lowest BCUT2D eigenvalue weighted by atomic mass is 9.91. The molecule has 0 amide bonds. The fourth-order valence-electron chi connectivity index (χ4n) is 15.4. The Kier molecular flexibility index (Phi) is 69.6. The molecule has 0 bridgehead atoms. The smallest absolute Gasteiger partial charge is 0.309 e. The molecule has 0 aromatic heterocycles. The second-order valence-electron chi connectivity index (χ2n) is 30.7. The molecule has 0 saturated heterocycles. The van der Waals surface area contributed by atoms with Gasteiger partial charge in [0.2, 0.25) is 0 Å². The summed E-state index contributed by atoms with van der Waals surface area (Å²) in [6, 6.07) is 0. The Labute approximate surface area is 561 Å². The molecule has 1 aliphatic rings. The van der Waals surface area contributed by atoms with E-state index in [2.05, 4.69) is 20.8 Å². The molecule has 0 spiro atoms. The third kappa shape index (κ3) is 63.2. The highest BCUT2D eigenvalue weighted by atomic mass is 16.5. The van der Waals surface area contributed by atoms with E-state index in [0.717, 1.165) is 37.5 Å². The van der Waals surface area contributed by atoms with Crippen LogP contribution in [0.5, 0.6) is 0 Å². The minimum absolute atomic E-state index is 0.470. The van der Waals surface area contributed by atoms with Gasteiger partial charge >= 0.3 is 5.97 Å². The van der Waals surface area contributed by atoms with E-state index in [4.69, 9.17) is 4.74 Å². The molecule has 1 rings (SSSR count). The first-order chi connectivity index (χ1) is 43.9. The number of aliphatic carboxylic acids is 1. The summed E-state index contributed by atoms with van der Waals surface area (Å²) in [5.41, 5.74) is 0. The molecule has 4 heteroatoms. The maximum Gasteiger partial charge on any atom is 0.309 e. The average Bonchev–Trinajstić information content (AvgIpc) is 4.32. The van der Waals surface area contributed by atoms with Gasteiger partial charge in [0, 0.05) is 7.11 Å². The molecule has 6 atom stereocenters. The van der Waals surface area contributed by atoms with Crippen molar-refractivity contribution in [2.75, 3.05) is 7.11 Å². The molecule has 0 aromatic rings. The number of carboxylic acids is 1. The van der Waals surface area contributed by atoms with E-state index in [9.17, 15) is 15.0 Å². The number of rotatable bonds is 79. The van der Waals surface area contributed by atoms with E-state index in [0.29, 0.717) is 24.9 Å². The summed E-state index contributed by atoms with van der Waals surface area (Å²) in [6.07, 6.45) is 102. The average molecular weight is 1250 g/mol. The van der Waals surface area contributed by atoms with Crippen LogP contribution >= 0.6 is 0 Å². The summed E-state index contributed by atoms with van der Waals surface area (Å²) >= 11 is 0. The van der Waals surface area contributed by atoms with Crippen LogP contribution in [0.25, 0.3) is 0 Å². The molecule has 4 nitrogen and oxygen atoms in total. The van der Waals surface area contributed by atoms with Crippen LogP contribution in [0.3, 0.4) is 0 Å². The highest BCUT2D eigenvalue weighted by molar-refractivity contribution is 5.70.